The van der Waals surface area contributed by atoms with Gasteiger partial charge in [-0.05, 0) is 51.2 Å². The lowest BCUT2D eigenvalue weighted by atomic mass is 9.96. The SMILES string of the molecule is CCCC1CCCN(CCC2CSCCN2)CC1. The van der Waals surface area contributed by atoms with Crippen molar-refractivity contribution >= 4 is 11.8 Å². The first-order chi connectivity index (χ1) is 8.88. The van der Waals surface area contributed by atoms with E-state index in [1.807, 2.05) is 0 Å². The highest BCUT2D eigenvalue weighted by molar-refractivity contribution is 7.99. The number of nitrogens with one attached hydrogen (secondary N) is 1. The van der Waals surface area contributed by atoms with E-state index in [4.69, 9.17) is 0 Å². The first kappa shape index (κ1) is 14.7. The van der Waals surface area contributed by atoms with E-state index in [0.717, 1.165) is 12.0 Å². The Morgan fingerprint density at radius 3 is 2.94 bits per heavy atom. The van der Waals surface area contributed by atoms with Crippen LogP contribution in [-0.2, 0) is 0 Å². The molecule has 18 heavy (non-hydrogen) atoms. The summed E-state index contributed by atoms with van der Waals surface area (Å²) in [5.74, 6) is 3.65. The summed E-state index contributed by atoms with van der Waals surface area (Å²) in [6.07, 6.45) is 8.52. The van der Waals surface area contributed by atoms with Gasteiger partial charge in [0.15, 0.2) is 0 Å². The summed E-state index contributed by atoms with van der Waals surface area (Å²) >= 11 is 2.12. The van der Waals surface area contributed by atoms with Gasteiger partial charge in [-0.1, -0.05) is 19.8 Å². The summed E-state index contributed by atoms with van der Waals surface area (Å²) < 4.78 is 0. The topological polar surface area (TPSA) is 15.3 Å². The summed E-state index contributed by atoms with van der Waals surface area (Å²) in [6, 6.07) is 0.776. The van der Waals surface area contributed by atoms with Gasteiger partial charge in [-0.15, -0.1) is 0 Å². The first-order valence-corrected chi connectivity index (χ1v) is 9.07. The van der Waals surface area contributed by atoms with Gasteiger partial charge in [-0.3, -0.25) is 0 Å². The van der Waals surface area contributed by atoms with Crippen LogP contribution < -0.4 is 5.32 Å². The van der Waals surface area contributed by atoms with Crippen molar-refractivity contribution < 1.29 is 0 Å². The zero-order chi connectivity index (χ0) is 12.6. The molecule has 2 nitrogen and oxygen atoms in total. The molecule has 2 unspecified atom stereocenters. The highest BCUT2D eigenvalue weighted by Crippen LogP contribution is 2.22. The lowest BCUT2D eigenvalue weighted by Gasteiger charge is -2.27. The van der Waals surface area contributed by atoms with Crippen LogP contribution >= 0.6 is 11.8 Å². The molecule has 2 heterocycles. The average molecular weight is 270 g/mol. The normalized spacial score (nSPS) is 31.2. The molecule has 2 rings (SSSR count). The molecule has 106 valence electrons. The third kappa shape index (κ3) is 5.10. The predicted octanol–water partition coefficient (Wildman–Crippen LogP) is 2.98. The Hall–Kier alpha value is 0.270. The number of thioether (sulfide) groups is 1. The molecule has 2 aliphatic heterocycles. The summed E-state index contributed by atoms with van der Waals surface area (Å²) in [7, 11) is 0. The zero-order valence-electron chi connectivity index (χ0n) is 12.0. The fourth-order valence-electron chi connectivity index (χ4n) is 3.29. The van der Waals surface area contributed by atoms with Crippen LogP contribution in [0.2, 0.25) is 0 Å². The zero-order valence-corrected chi connectivity index (χ0v) is 12.8. The molecular formula is C15H30N2S. The van der Waals surface area contributed by atoms with Gasteiger partial charge in [0.2, 0.25) is 0 Å². The van der Waals surface area contributed by atoms with Crippen LogP contribution in [0.4, 0.5) is 0 Å². The molecule has 0 aromatic rings. The average Bonchev–Trinajstić information content (AvgIpc) is 2.64. The van der Waals surface area contributed by atoms with E-state index in [2.05, 4.69) is 28.9 Å². The molecule has 0 aliphatic carbocycles. The lowest BCUT2D eigenvalue weighted by molar-refractivity contribution is 0.264. The minimum Gasteiger partial charge on any atom is -0.312 e. The second-order valence-corrected chi connectivity index (χ2v) is 7.09. The van der Waals surface area contributed by atoms with Crippen molar-refractivity contribution in [3.8, 4) is 0 Å². The van der Waals surface area contributed by atoms with E-state index in [9.17, 15) is 0 Å². The Balaban J connectivity index is 1.63. The Morgan fingerprint density at radius 1 is 1.22 bits per heavy atom. The number of nitrogens with zero attached hydrogens (tertiary/aromatic N) is 1. The number of likely N-dealkylation sites (tertiary alicyclic amines) is 1. The second kappa shape index (κ2) is 8.44. The monoisotopic (exact) mass is 270 g/mol. The Kier molecular flexibility index (Phi) is 6.88. The molecule has 0 bridgehead atoms. The van der Waals surface area contributed by atoms with E-state index in [1.165, 1.54) is 76.2 Å². The van der Waals surface area contributed by atoms with Crippen molar-refractivity contribution in [2.24, 2.45) is 5.92 Å². The van der Waals surface area contributed by atoms with Crippen LogP contribution in [0.25, 0.3) is 0 Å². The van der Waals surface area contributed by atoms with Gasteiger partial charge in [0, 0.05) is 24.1 Å². The van der Waals surface area contributed by atoms with Crippen LogP contribution in [0.1, 0.15) is 45.4 Å². The molecule has 0 spiro atoms. The van der Waals surface area contributed by atoms with E-state index in [-0.39, 0.29) is 0 Å². The van der Waals surface area contributed by atoms with E-state index in [0.29, 0.717) is 0 Å². The van der Waals surface area contributed by atoms with E-state index in [1.54, 1.807) is 0 Å². The molecule has 2 atom stereocenters. The van der Waals surface area contributed by atoms with Gasteiger partial charge >= 0.3 is 0 Å². The maximum absolute atomic E-state index is 3.66. The number of hydrogen-bond acceptors (Lipinski definition) is 3. The molecule has 2 fully saturated rings. The largest absolute Gasteiger partial charge is 0.312 e. The van der Waals surface area contributed by atoms with Crippen molar-refractivity contribution in [1.29, 1.82) is 0 Å². The number of rotatable bonds is 5. The van der Waals surface area contributed by atoms with Crippen LogP contribution in [0.5, 0.6) is 0 Å². The molecule has 0 radical (unpaired) electrons. The maximum Gasteiger partial charge on any atom is 0.0170 e. The fraction of sp³-hybridized carbons (Fsp3) is 1.00. The maximum atomic E-state index is 3.66. The van der Waals surface area contributed by atoms with Crippen molar-refractivity contribution in [2.45, 2.75) is 51.5 Å². The summed E-state index contributed by atoms with van der Waals surface area (Å²) in [5.41, 5.74) is 0. The second-order valence-electron chi connectivity index (χ2n) is 5.94. The van der Waals surface area contributed by atoms with Crippen LogP contribution in [-0.4, -0.2) is 48.6 Å². The molecule has 0 aromatic carbocycles. The highest BCUT2D eigenvalue weighted by atomic mass is 32.2. The molecular weight excluding hydrogens is 240 g/mol. The minimum atomic E-state index is 0.776. The molecule has 0 saturated carbocycles. The third-order valence-electron chi connectivity index (χ3n) is 4.43. The molecule has 0 aromatic heterocycles. The standard InChI is InChI=1S/C15H30N2S/c1-2-4-14-5-3-9-17(10-6-14)11-7-15-13-18-12-8-16-15/h14-16H,2-13H2,1H3. The van der Waals surface area contributed by atoms with Gasteiger partial charge in [-0.2, -0.15) is 11.8 Å². The fourth-order valence-corrected chi connectivity index (χ4v) is 4.29. The molecule has 3 heteroatoms. The quantitative estimate of drug-likeness (QED) is 0.827. The Morgan fingerprint density at radius 2 is 2.17 bits per heavy atom. The molecule has 0 amide bonds. The minimum absolute atomic E-state index is 0.776. The highest BCUT2D eigenvalue weighted by Gasteiger charge is 2.18. The van der Waals surface area contributed by atoms with E-state index < -0.39 is 0 Å². The van der Waals surface area contributed by atoms with Crippen LogP contribution in [0.15, 0.2) is 0 Å². The smallest absolute Gasteiger partial charge is 0.0170 e. The van der Waals surface area contributed by atoms with E-state index >= 15 is 0 Å². The lowest BCUT2D eigenvalue weighted by Crippen LogP contribution is -2.40. The summed E-state index contributed by atoms with van der Waals surface area (Å²) in [4.78, 5) is 2.72. The van der Waals surface area contributed by atoms with Gasteiger partial charge in [0.1, 0.15) is 0 Å². The van der Waals surface area contributed by atoms with Crippen molar-refractivity contribution in [3.05, 3.63) is 0 Å². The number of hydrogen-bond donors (Lipinski definition) is 1. The molecule has 2 aliphatic rings. The summed E-state index contributed by atoms with van der Waals surface area (Å²) in [5, 5.41) is 3.66. The van der Waals surface area contributed by atoms with Crippen molar-refractivity contribution in [1.82, 2.24) is 10.2 Å². The van der Waals surface area contributed by atoms with Gasteiger partial charge in [0.05, 0.1) is 0 Å². The van der Waals surface area contributed by atoms with Crippen LogP contribution in [0, 0.1) is 5.92 Å². The van der Waals surface area contributed by atoms with Crippen molar-refractivity contribution in [2.75, 3.05) is 37.7 Å². The Bertz CT molecular complexity index is 217. The van der Waals surface area contributed by atoms with Crippen molar-refractivity contribution in [3.63, 3.8) is 0 Å². The molecule has 1 N–H and O–H groups in total. The van der Waals surface area contributed by atoms with Crippen LogP contribution in [0.3, 0.4) is 0 Å². The van der Waals surface area contributed by atoms with Gasteiger partial charge < -0.3 is 10.2 Å². The van der Waals surface area contributed by atoms with Gasteiger partial charge in [-0.25, -0.2) is 0 Å². The first-order valence-electron chi connectivity index (χ1n) is 7.92. The third-order valence-corrected chi connectivity index (χ3v) is 5.56. The van der Waals surface area contributed by atoms with Gasteiger partial charge in [0.25, 0.3) is 0 Å². The Labute approximate surface area is 117 Å². The predicted molar refractivity (Wildman–Crippen MR) is 82.4 cm³/mol. The molecule has 2 saturated heterocycles. The summed E-state index contributed by atoms with van der Waals surface area (Å²) in [6.45, 7) is 7.56.